The first-order valence-electron chi connectivity index (χ1n) is 11.8. The second-order valence-corrected chi connectivity index (χ2v) is 12.3. The second kappa shape index (κ2) is 6.32. The molecule has 4 aliphatic rings. The van der Waals surface area contributed by atoms with Crippen molar-refractivity contribution in [1.82, 2.24) is 0 Å². The lowest BCUT2D eigenvalue weighted by molar-refractivity contribution is -0.214. The number of esters is 1. The Balaban J connectivity index is 2.05. The Morgan fingerprint density at radius 1 is 1.03 bits per heavy atom. The molecule has 0 spiro atoms. The van der Waals surface area contributed by atoms with Gasteiger partial charge in [0.05, 0.1) is 18.6 Å². The third-order valence-corrected chi connectivity index (χ3v) is 10.8. The molecule has 0 amide bonds. The average molecular weight is 447 g/mol. The van der Waals surface area contributed by atoms with E-state index in [1.807, 2.05) is 6.92 Å². The van der Waals surface area contributed by atoms with Gasteiger partial charge in [0.25, 0.3) is 0 Å². The van der Waals surface area contributed by atoms with E-state index in [2.05, 4.69) is 26.8 Å². The highest BCUT2D eigenvalue weighted by atomic mass is 16.5. The molecule has 4 rings (SSSR count). The van der Waals surface area contributed by atoms with Gasteiger partial charge in [-0.05, 0) is 74.5 Å². The minimum absolute atomic E-state index is 0.182. The van der Waals surface area contributed by atoms with E-state index in [9.17, 15) is 24.6 Å². The Kier molecular flexibility index (Phi) is 4.67. The lowest BCUT2D eigenvalue weighted by atomic mass is 9.34. The third-order valence-electron chi connectivity index (χ3n) is 10.8. The first-order valence-corrected chi connectivity index (χ1v) is 11.8. The van der Waals surface area contributed by atoms with Gasteiger partial charge >= 0.3 is 5.97 Å². The zero-order valence-corrected chi connectivity index (χ0v) is 20.7. The van der Waals surface area contributed by atoms with E-state index in [1.165, 1.54) is 14.0 Å². The number of fused-ring (bicyclic) bond motifs is 5. The van der Waals surface area contributed by atoms with Crippen LogP contribution in [0.1, 0.15) is 74.1 Å². The van der Waals surface area contributed by atoms with Gasteiger partial charge in [-0.15, -0.1) is 0 Å². The summed E-state index contributed by atoms with van der Waals surface area (Å²) in [4.78, 5) is 41.3. The van der Waals surface area contributed by atoms with E-state index in [4.69, 9.17) is 4.74 Å². The molecule has 178 valence electrons. The number of aliphatic hydroxyl groups is 2. The Morgan fingerprint density at radius 3 is 2.19 bits per heavy atom. The van der Waals surface area contributed by atoms with Gasteiger partial charge in [-0.3, -0.25) is 14.4 Å². The standard InChI is InChI=1S/C26H38O6/c1-14-13-16-22(4)11-10-17(27)21(2,3)15(22)9-12-23(16,5)26(20(30)32-8)19(29)25(7,31)18(28)24(14,26)6/h13,15-17,27,31H,9-12H2,1-8H3/t15-,16-,17-,22-,23-,24+,25+,26-/m0/s1. The maximum Gasteiger partial charge on any atom is 0.321 e. The molecular formula is C26H38O6. The van der Waals surface area contributed by atoms with Gasteiger partial charge in [-0.1, -0.05) is 39.3 Å². The van der Waals surface area contributed by atoms with Crippen LogP contribution in [0, 0.1) is 38.9 Å². The van der Waals surface area contributed by atoms with E-state index in [-0.39, 0.29) is 22.7 Å². The Labute approximate surface area is 190 Å². The summed E-state index contributed by atoms with van der Waals surface area (Å²) in [6.07, 6.45) is 4.35. The van der Waals surface area contributed by atoms with Gasteiger partial charge in [0.1, 0.15) is 0 Å². The zero-order valence-electron chi connectivity index (χ0n) is 20.7. The van der Waals surface area contributed by atoms with Crippen molar-refractivity contribution in [2.75, 3.05) is 7.11 Å². The normalized spacial score (nSPS) is 51.9. The number of Topliss-reactive ketones (excluding diaryl/α,β-unsaturated/α-hetero) is 2. The lowest BCUT2D eigenvalue weighted by Gasteiger charge is -2.68. The van der Waals surface area contributed by atoms with Crippen molar-refractivity contribution in [3.8, 4) is 0 Å². The number of ketones is 2. The Morgan fingerprint density at radius 2 is 1.62 bits per heavy atom. The van der Waals surface area contributed by atoms with Gasteiger partial charge in [0.15, 0.2) is 22.6 Å². The minimum Gasteiger partial charge on any atom is -0.468 e. The van der Waals surface area contributed by atoms with Crippen LogP contribution >= 0.6 is 0 Å². The molecule has 3 fully saturated rings. The van der Waals surface area contributed by atoms with Crippen molar-refractivity contribution >= 4 is 17.5 Å². The average Bonchev–Trinajstić information content (AvgIpc) is 2.84. The summed E-state index contributed by atoms with van der Waals surface area (Å²) >= 11 is 0. The summed E-state index contributed by atoms with van der Waals surface area (Å²) in [5.41, 5.74) is -6.38. The quantitative estimate of drug-likeness (QED) is 0.364. The number of allylic oxidation sites excluding steroid dienone is 2. The van der Waals surface area contributed by atoms with Crippen molar-refractivity contribution in [2.45, 2.75) is 85.9 Å². The summed E-state index contributed by atoms with van der Waals surface area (Å²) in [7, 11) is 1.25. The molecule has 0 aromatic rings. The Hall–Kier alpha value is -1.53. The number of hydrogen-bond donors (Lipinski definition) is 2. The molecule has 0 bridgehead atoms. The number of aliphatic hydroxyl groups excluding tert-OH is 1. The summed E-state index contributed by atoms with van der Waals surface area (Å²) in [6.45, 7) is 13.0. The fourth-order valence-electron chi connectivity index (χ4n) is 9.03. The monoisotopic (exact) mass is 446 g/mol. The van der Waals surface area contributed by atoms with E-state index < -0.39 is 45.5 Å². The van der Waals surface area contributed by atoms with Crippen molar-refractivity contribution in [3.05, 3.63) is 11.6 Å². The van der Waals surface area contributed by atoms with E-state index in [0.717, 1.165) is 12.8 Å². The highest BCUT2D eigenvalue weighted by Crippen LogP contribution is 2.76. The predicted molar refractivity (Wildman–Crippen MR) is 118 cm³/mol. The van der Waals surface area contributed by atoms with Crippen LogP contribution in [0.25, 0.3) is 0 Å². The molecule has 0 unspecified atom stereocenters. The third kappa shape index (κ3) is 2.13. The van der Waals surface area contributed by atoms with Crippen LogP contribution in [0.3, 0.4) is 0 Å². The molecule has 0 aliphatic heterocycles. The molecule has 32 heavy (non-hydrogen) atoms. The fourth-order valence-corrected chi connectivity index (χ4v) is 9.03. The highest BCUT2D eigenvalue weighted by Gasteiger charge is 2.85. The van der Waals surface area contributed by atoms with Crippen LogP contribution in [-0.4, -0.2) is 46.6 Å². The van der Waals surface area contributed by atoms with Gasteiger partial charge < -0.3 is 14.9 Å². The molecule has 0 saturated heterocycles. The van der Waals surface area contributed by atoms with Gasteiger partial charge in [0, 0.05) is 0 Å². The van der Waals surface area contributed by atoms with Gasteiger partial charge in [-0.2, -0.15) is 0 Å². The summed E-state index contributed by atoms with van der Waals surface area (Å²) < 4.78 is 5.27. The zero-order chi connectivity index (χ0) is 24.3. The SMILES string of the molecule is COC(=O)[C@]12C(=O)[C@](C)(O)C(=O)[C@@]1(C)C(C)=C[C@H]1[C@@]3(C)CC[C@H](O)C(C)(C)[C@@H]3CC[C@@]12C. The van der Waals surface area contributed by atoms with Crippen molar-refractivity contribution < 1.29 is 29.3 Å². The molecule has 0 aromatic heterocycles. The number of methoxy groups -OCH3 is 1. The number of carbonyl (C=O) groups excluding carboxylic acids is 3. The topological polar surface area (TPSA) is 101 Å². The minimum atomic E-state index is -2.25. The molecular weight excluding hydrogens is 408 g/mol. The van der Waals surface area contributed by atoms with Crippen LogP contribution in [-0.2, 0) is 19.1 Å². The lowest BCUT2D eigenvalue weighted by Crippen LogP contribution is -2.69. The van der Waals surface area contributed by atoms with Crippen LogP contribution in [0.4, 0.5) is 0 Å². The molecule has 6 heteroatoms. The Bertz CT molecular complexity index is 946. The molecule has 6 nitrogen and oxygen atoms in total. The van der Waals surface area contributed by atoms with Crippen molar-refractivity contribution in [1.29, 1.82) is 0 Å². The van der Waals surface area contributed by atoms with Crippen molar-refractivity contribution in [2.24, 2.45) is 38.9 Å². The molecule has 0 heterocycles. The first-order chi connectivity index (χ1) is 14.5. The summed E-state index contributed by atoms with van der Waals surface area (Å²) in [5, 5.41) is 21.9. The fraction of sp³-hybridized carbons (Fsp3) is 0.808. The number of ether oxygens (including phenoxy) is 1. The maximum absolute atomic E-state index is 14.0. The second-order valence-electron chi connectivity index (χ2n) is 12.3. The molecule has 3 saturated carbocycles. The maximum atomic E-state index is 14.0. The molecule has 4 aliphatic carbocycles. The van der Waals surface area contributed by atoms with E-state index >= 15 is 0 Å². The van der Waals surface area contributed by atoms with Crippen LogP contribution in [0.2, 0.25) is 0 Å². The summed E-state index contributed by atoms with van der Waals surface area (Å²) in [5.74, 6) is -2.08. The highest BCUT2D eigenvalue weighted by molar-refractivity contribution is 6.30. The number of carbonyl (C=O) groups is 3. The van der Waals surface area contributed by atoms with E-state index in [1.54, 1.807) is 13.8 Å². The van der Waals surface area contributed by atoms with E-state index in [0.29, 0.717) is 18.4 Å². The number of rotatable bonds is 1. The van der Waals surface area contributed by atoms with Gasteiger partial charge in [0.2, 0.25) is 0 Å². The molecule has 8 atom stereocenters. The molecule has 2 N–H and O–H groups in total. The number of hydrogen-bond acceptors (Lipinski definition) is 6. The van der Waals surface area contributed by atoms with Crippen LogP contribution in [0.5, 0.6) is 0 Å². The largest absolute Gasteiger partial charge is 0.468 e. The van der Waals surface area contributed by atoms with Crippen LogP contribution < -0.4 is 0 Å². The van der Waals surface area contributed by atoms with Crippen LogP contribution in [0.15, 0.2) is 11.6 Å². The predicted octanol–water partition coefficient (Wildman–Crippen LogP) is 3.23. The molecule has 0 radical (unpaired) electrons. The summed E-state index contributed by atoms with van der Waals surface area (Å²) in [6, 6.07) is 0. The smallest absolute Gasteiger partial charge is 0.321 e. The van der Waals surface area contributed by atoms with Crippen molar-refractivity contribution in [3.63, 3.8) is 0 Å². The van der Waals surface area contributed by atoms with Gasteiger partial charge in [-0.25, -0.2) is 0 Å². The first kappa shape index (κ1) is 23.6. The molecule has 0 aromatic carbocycles.